The van der Waals surface area contributed by atoms with Crippen LogP contribution in [0.5, 0.6) is 11.5 Å². The highest BCUT2D eigenvalue weighted by atomic mass is 35.5. The maximum absolute atomic E-state index is 14.6. The highest BCUT2D eigenvalue weighted by molar-refractivity contribution is 7.16. The largest absolute Gasteiger partial charge is 0.496 e. The fourth-order valence-electron chi connectivity index (χ4n) is 6.86. The molecule has 7 rings (SSSR count). The van der Waals surface area contributed by atoms with Crippen LogP contribution in [0.3, 0.4) is 0 Å². The minimum atomic E-state index is -0.0390. The van der Waals surface area contributed by atoms with Crippen molar-refractivity contribution in [3.05, 3.63) is 73.7 Å². The second kappa shape index (κ2) is 12.8. The number of rotatable bonds is 9. The molecular formula is C34H39Cl2N5O3S. The fourth-order valence-corrected chi connectivity index (χ4v) is 8.56. The first-order chi connectivity index (χ1) is 21.8. The molecule has 0 spiro atoms. The number of thiazole rings is 1. The van der Waals surface area contributed by atoms with Gasteiger partial charge in [0.25, 0.3) is 5.91 Å². The molecule has 238 valence electrons. The molecule has 3 atom stereocenters. The Hall–Kier alpha value is -2.82. The van der Waals surface area contributed by atoms with Crippen molar-refractivity contribution in [2.24, 2.45) is 0 Å². The van der Waals surface area contributed by atoms with Gasteiger partial charge in [0.2, 0.25) is 0 Å². The van der Waals surface area contributed by atoms with Gasteiger partial charge in [0.15, 0.2) is 10.9 Å². The molecule has 4 aliphatic rings. The zero-order valence-electron chi connectivity index (χ0n) is 25.9. The Balaban J connectivity index is 1.15. The lowest BCUT2D eigenvalue weighted by atomic mass is 9.86. The molecule has 0 unspecified atom stereocenters. The number of hydrogen-bond acceptors (Lipinski definition) is 8. The maximum atomic E-state index is 14.6. The number of nitrogens with zero attached hydrogens (tertiary/aromatic N) is 3. The van der Waals surface area contributed by atoms with E-state index in [-0.39, 0.29) is 30.1 Å². The second-order valence-electron chi connectivity index (χ2n) is 12.6. The number of piperazine rings is 1. The number of methoxy groups -OCH3 is 1. The summed E-state index contributed by atoms with van der Waals surface area (Å²) >= 11 is 14.6. The van der Waals surface area contributed by atoms with Crippen molar-refractivity contribution in [2.75, 3.05) is 38.2 Å². The third-order valence-corrected chi connectivity index (χ3v) is 11.0. The van der Waals surface area contributed by atoms with E-state index in [0.717, 1.165) is 88.9 Å². The number of nitrogens with one attached hydrogen (secondary N) is 2. The number of halogens is 2. The van der Waals surface area contributed by atoms with Gasteiger partial charge in [-0.1, -0.05) is 46.7 Å². The molecule has 3 aromatic rings. The van der Waals surface area contributed by atoms with Crippen LogP contribution >= 0.6 is 34.5 Å². The van der Waals surface area contributed by atoms with E-state index in [1.165, 1.54) is 0 Å². The minimum Gasteiger partial charge on any atom is -0.496 e. The molecule has 11 heteroatoms. The summed E-state index contributed by atoms with van der Waals surface area (Å²) in [6.45, 7) is 7.76. The Bertz CT molecular complexity index is 1620. The number of aryl methyl sites for hydroxylation is 1. The van der Waals surface area contributed by atoms with Crippen molar-refractivity contribution in [1.29, 1.82) is 0 Å². The highest BCUT2D eigenvalue weighted by Gasteiger charge is 2.41. The summed E-state index contributed by atoms with van der Waals surface area (Å²) in [7, 11) is 1.70. The van der Waals surface area contributed by atoms with Crippen LogP contribution in [0, 0.1) is 13.8 Å². The van der Waals surface area contributed by atoms with Gasteiger partial charge in [-0.15, -0.1) is 0 Å². The third kappa shape index (κ3) is 6.30. The molecule has 1 aromatic heterocycles. The summed E-state index contributed by atoms with van der Waals surface area (Å²) in [6, 6.07) is 10.4. The van der Waals surface area contributed by atoms with Crippen LogP contribution < -0.4 is 25.0 Å². The van der Waals surface area contributed by atoms with E-state index in [1.807, 2.05) is 37.4 Å². The predicted molar refractivity (Wildman–Crippen MR) is 181 cm³/mol. The van der Waals surface area contributed by atoms with Gasteiger partial charge in [-0.05, 0) is 73.6 Å². The summed E-state index contributed by atoms with van der Waals surface area (Å²) in [4.78, 5) is 24.9. The van der Waals surface area contributed by atoms with E-state index < -0.39 is 0 Å². The van der Waals surface area contributed by atoms with Gasteiger partial charge in [0.05, 0.1) is 34.6 Å². The van der Waals surface area contributed by atoms with Crippen LogP contribution in [0.4, 0.5) is 5.13 Å². The predicted octanol–water partition coefficient (Wildman–Crippen LogP) is 6.01. The van der Waals surface area contributed by atoms with Crippen LogP contribution in [0.2, 0.25) is 10.0 Å². The number of benzene rings is 2. The monoisotopic (exact) mass is 667 g/mol. The molecule has 4 heterocycles. The molecule has 8 nitrogen and oxygen atoms in total. The first-order valence-corrected chi connectivity index (χ1v) is 17.3. The van der Waals surface area contributed by atoms with Crippen molar-refractivity contribution in [2.45, 2.75) is 70.3 Å². The molecule has 3 aliphatic heterocycles. The van der Waals surface area contributed by atoms with E-state index in [0.29, 0.717) is 28.9 Å². The van der Waals surface area contributed by atoms with E-state index in [1.54, 1.807) is 18.4 Å². The van der Waals surface area contributed by atoms with E-state index >= 15 is 0 Å². The summed E-state index contributed by atoms with van der Waals surface area (Å²) < 4.78 is 11.9. The summed E-state index contributed by atoms with van der Waals surface area (Å²) in [6.07, 6.45) is 5.65. The molecule has 3 fully saturated rings. The number of hydrogen-bond donors (Lipinski definition) is 2. The Morgan fingerprint density at radius 1 is 1.16 bits per heavy atom. The van der Waals surface area contributed by atoms with Crippen molar-refractivity contribution in [3.8, 4) is 11.5 Å². The first-order valence-electron chi connectivity index (χ1n) is 15.8. The normalized spacial score (nSPS) is 23.0. The van der Waals surface area contributed by atoms with Gasteiger partial charge in [0, 0.05) is 56.5 Å². The number of fused-ring (bicyclic) bond motifs is 2. The lowest BCUT2D eigenvalue weighted by Crippen LogP contribution is -2.59. The average molecular weight is 669 g/mol. The first kappa shape index (κ1) is 30.8. The number of anilines is 1. The SMILES string of the molecule is COc1cccc(CN(C(=O)C2=C(c3cnc(N4CC[C@@H](Oc5c(Cl)cc(C)cc5Cl)C4)s3)C[C@H]3CNC[C@@H]2N3)C2CC2)c1C. The average Bonchev–Trinajstić information content (AvgIpc) is 3.54. The molecule has 1 saturated carbocycles. The van der Waals surface area contributed by atoms with Crippen molar-refractivity contribution in [1.82, 2.24) is 20.5 Å². The molecular weight excluding hydrogens is 629 g/mol. The molecule has 2 bridgehead atoms. The van der Waals surface area contributed by atoms with Crippen molar-refractivity contribution >= 4 is 51.2 Å². The Labute approximate surface area is 278 Å². The minimum absolute atomic E-state index is 0.0354. The molecule has 1 amide bonds. The Morgan fingerprint density at radius 3 is 2.71 bits per heavy atom. The standard InChI is InChI=1S/C34H39Cl2N5O3S/c1-19-11-26(35)32(27(36)12-19)44-24-9-10-40(18-24)34-38-16-30(45-34)25-13-22-14-37-15-28(39-22)31(25)33(42)41(23-7-8-23)17-21-5-4-6-29(43-3)20(21)2/h4-6,11-12,16,22-24,28,37,39H,7-10,13-15,17-18H2,1-3H3/t22-,24+,28-/m0/s1. The van der Waals surface area contributed by atoms with Crippen molar-refractivity contribution in [3.63, 3.8) is 0 Å². The summed E-state index contributed by atoms with van der Waals surface area (Å²) in [5.41, 5.74) is 5.23. The van der Waals surface area contributed by atoms with Gasteiger partial charge in [-0.25, -0.2) is 4.98 Å². The van der Waals surface area contributed by atoms with E-state index in [4.69, 9.17) is 37.7 Å². The van der Waals surface area contributed by atoms with Gasteiger partial charge in [0.1, 0.15) is 11.9 Å². The van der Waals surface area contributed by atoms with E-state index in [2.05, 4.69) is 33.4 Å². The number of carbonyl (C=O) groups is 1. The van der Waals surface area contributed by atoms with Gasteiger partial charge >= 0.3 is 0 Å². The molecule has 0 radical (unpaired) electrons. The summed E-state index contributed by atoms with van der Waals surface area (Å²) in [5, 5.41) is 9.31. The van der Waals surface area contributed by atoms with Crippen LogP contribution in [0.25, 0.3) is 5.57 Å². The maximum Gasteiger partial charge on any atom is 0.252 e. The topological polar surface area (TPSA) is 79.0 Å². The third-order valence-electron chi connectivity index (χ3n) is 9.37. The smallest absolute Gasteiger partial charge is 0.252 e. The lowest BCUT2D eigenvalue weighted by molar-refractivity contribution is -0.128. The van der Waals surface area contributed by atoms with Crippen LogP contribution in [0.1, 0.15) is 47.3 Å². The van der Waals surface area contributed by atoms with Gasteiger partial charge in [-0.3, -0.25) is 4.79 Å². The van der Waals surface area contributed by atoms with Crippen molar-refractivity contribution < 1.29 is 14.3 Å². The number of aromatic nitrogens is 1. The molecule has 2 aromatic carbocycles. The molecule has 2 N–H and O–H groups in total. The Morgan fingerprint density at radius 2 is 1.96 bits per heavy atom. The number of carbonyl (C=O) groups excluding carboxylic acids is 1. The molecule has 2 saturated heterocycles. The van der Waals surface area contributed by atoms with E-state index in [9.17, 15) is 4.79 Å². The molecule has 45 heavy (non-hydrogen) atoms. The fraction of sp³-hybridized carbons (Fsp3) is 0.471. The molecule has 1 aliphatic carbocycles. The van der Waals surface area contributed by atoms with Gasteiger partial charge < -0.3 is 29.9 Å². The van der Waals surface area contributed by atoms with Crippen LogP contribution in [0.15, 0.2) is 42.1 Å². The van der Waals surface area contributed by atoms with Gasteiger partial charge in [-0.2, -0.15) is 0 Å². The zero-order valence-corrected chi connectivity index (χ0v) is 28.2. The van der Waals surface area contributed by atoms with Crippen LogP contribution in [-0.2, 0) is 11.3 Å². The number of ether oxygens (including phenoxy) is 2. The zero-order chi connectivity index (χ0) is 31.2. The second-order valence-corrected chi connectivity index (χ2v) is 14.4. The quantitative estimate of drug-likeness (QED) is 0.289. The highest BCUT2D eigenvalue weighted by Crippen LogP contribution is 2.41. The Kier molecular flexibility index (Phi) is 8.74. The number of amides is 1. The lowest BCUT2D eigenvalue weighted by Gasteiger charge is -2.40. The summed E-state index contributed by atoms with van der Waals surface area (Å²) in [5.74, 6) is 1.53. The van der Waals surface area contributed by atoms with Crippen LogP contribution in [-0.4, -0.2) is 73.3 Å².